The highest BCUT2D eigenvalue weighted by atomic mass is 14.9. The lowest BCUT2D eigenvalue weighted by Gasteiger charge is -2.62. The lowest BCUT2D eigenvalue weighted by atomic mass is 9.44. The SMILES string of the molecule is C=Cc1cc(C2=CCC3C2(C)CCC2C4(C)CCCCC4=CCC23N)ccc1NC.[HH]. The minimum Gasteiger partial charge on any atom is -0.388 e. The molecule has 0 bridgehead atoms. The number of nitrogens with two attached hydrogens (primary N) is 1. The van der Waals surface area contributed by atoms with Crippen molar-refractivity contribution in [2.75, 3.05) is 12.4 Å². The van der Waals surface area contributed by atoms with Gasteiger partial charge in [0.1, 0.15) is 0 Å². The first-order chi connectivity index (χ1) is 14.4. The van der Waals surface area contributed by atoms with Crippen molar-refractivity contribution < 1.29 is 1.43 Å². The quantitative estimate of drug-likeness (QED) is 0.530. The predicted molar refractivity (Wildman–Crippen MR) is 131 cm³/mol. The molecule has 2 fully saturated rings. The maximum Gasteiger partial charge on any atom is 0.0411 e. The standard InChI is InChI=1S/C28H38N2.H2/c1-5-19-18-20(9-11-23(19)30-4)22-10-12-24-27(22,3)16-14-25-26(2)15-7-6-8-21(26)13-17-28(24,25)29;/h5,9-11,13,18,24-25,30H,1,6-8,12,14-17,29H2,2-4H3;1H. The molecular formula is C28H40N2. The first-order valence-electron chi connectivity index (χ1n) is 12.0. The maximum atomic E-state index is 7.46. The molecule has 4 aliphatic carbocycles. The van der Waals surface area contributed by atoms with Crippen molar-refractivity contribution in [1.82, 2.24) is 0 Å². The Bertz CT molecular complexity index is 946. The molecule has 0 heterocycles. The zero-order valence-electron chi connectivity index (χ0n) is 19.1. The van der Waals surface area contributed by atoms with Crippen LogP contribution in [-0.4, -0.2) is 12.6 Å². The van der Waals surface area contributed by atoms with E-state index in [1.807, 2.05) is 13.1 Å². The third-order valence-corrected chi connectivity index (χ3v) is 9.64. The summed E-state index contributed by atoms with van der Waals surface area (Å²) in [5.74, 6) is 1.16. The van der Waals surface area contributed by atoms with Crippen molar-refractivity contribution in [1.29, 1.82) is 0 Å². The molecule has 5 rings (SSSR count). The summed E-state index contributed by atoms with van der Waals surface area (Å²) in [6, 6.07) is 6.80. The fourth-order valence-electron chi connectivity index (χ4n) is 8.05. The monoisotopic (exact) mass is 404 g/mol. The summed E-state index contributed by atoms with van der Waals surface area (Å²) in [6.07, 6.45) is 17.1. The Morgan fingerprint density at radius 1 is 1.13 bits per heavy atom. The summed E-state index contributed by atoms with van der Waals surface area (Å²) in [7, 11) is 1.98. The third-order valence-electron chi connectivity index (χ3n) is 9.64. The highest BCUT2D eigenvalue weighted by Gasteiger charge is 2.62. The van der Waals surface area contributed by atoms with Crippen LogP contribution in [0, 0.1) is 22.7 Å². The van der Waals surface area contributed by atoms with E-state index in [9.17, 15) is 0 Å². The minimum absolute atomic E-state index is 0. The Balaban J connectivity index is 0.00000231. The van der Waals surface area contributed by atoms with E-state index in [2.05, 4.69) is 56.1 Å². The van der Waals surface area contributed by atoms with Crippen molar-refractivity contribution in [3.63, 3.8) is 0 Å². The van der Waals surface area contributed by atoms with Gasteiger partial charge in [-0.2, -0.15) is 0 Å². The van der Waals surface area contributed by atoms with Gasteiger partial charge in [0.15, 0.2) is 0 Å². The predicted octanol–water partition coefficient (Wildman–Crippen LogP) is 7.04. The summed E-state index contributed by atoms with van der Waals surface area (Å²) in [5.41, 5.74) is 14.8. The zero-order valence-corrected chi connectivity index (χ0v) is 19.1. The van der Waals surface area contributed by atoms with Crippen LogP contribution in [0.1, 0.15) is 77.8 Å². The van der Waals surface area contributed by atoms with Gasteiger partial charge in [0.25, 0.3) is 0 Å². The van der Waals surface area contributed by atoms with E-state index in [1.165, 1.54) is 55.2 Å². The smallest absolute Gasteiger partial charge is 0.0411 e. The van der Waals surface area contributed by atoms with Crippen molar-refractivity contribution in [2.45, 2.75) is 70.8 Å². The Hall–Kier alpha value is -1.80. The molecule has 5 unspecified atom stereocenters. The van der Waals surface area contributed by atoms with Crippen LogP contribution in [0.3, 0.4) is 0 Å². The molecule has 2 nitrogen and oxygen atoms in total. The molecule has 2 heteroatoms. The fraction of sp³-hybridized carbons (Fsp3) is 0.571. The average Bonchev–Trinajstić information content (AvgIpc) is 3.11. The number of anilines is 1. The first kappa shape index (κ1) is 20.1. The number of rotatable bonds is 3. The van der Waals surface area contributed by atoms with Crippen LogP contribution in [0.5, 0.6) is 0 Å². The average molecular weight is 405 g/mol. The molecule has 1 aromatic carbocycles. The summed E-state index contributed by atoms with van der Waals surface area (Å²) in [4.78, 5) is 0. The third kappa shape index (κ3) is 2.59. The van der Waals surface area contributed by atoms with E-state index in [1.54, 1.807) is 5.57 Å². The normalized spacial score (nSPS) is 39.9. The van der Waals surface area contributed by atoms with Crippen molar-refractivity contribution in [2.24, 2.45) is 28.4 Å². The van der Waals surface area contributed by atoms with Gasteiger partial charge in [0, 0.05) is 19.7 Å². The summed E-state index contributed by atoms with van der Waals surface area (Å²) in [5, 5.41) is 3.29. The van der Waals surface area contributed by atoms with Gasteiger partial charge in [-0.1, -0.05) is 56.7 Å². The van der Waals surface area contributed by atoms with Crippen LogP contribution in [0.4, 0.5) is 5.69 Å². The van der Waals surface area contributed by atoms with Gasteiger partial charge in [-0.3, -0.25) is 0 Å². The molecule has 0 spiro atoms. The van der Waals surface area contributed by atoms with Gasteiger partial charge in [-0.25, -0.2) is 0 Å². The van der Waals surface area contributed by atoms with Crippen molar-refractivity contribution >= 4 is 17.3 Å². The van der Waals surface area contributed by atoms with Crippen LogP contribution >= 0.6 is 0 Å². The summed E-state index contributed by atoms with van der Waals surface area (Å²) >= 11 is 0. The molecule has 30 heavy (non-hydrogen) atoms. The highest BCUT2D eigenvalue weighted by Crippen LogP contribution is 2.67. The van der Waals surface area contributed by atoms with Gasteiger partial charge in [0.05, 0.1) is 0 Å². The summed E-state index contributed by atoms with van der Waals surface area (Å²) < 4.78 is 0. The Kier molecular flexibility index (Phi) is 4.60. The van der Waals surface area contributed by atoms with Crippen LogP contribution < -0.4 is 11.1 Å². The van der Waals surface area contributed by atoms with Gasteiger partial charge in [-0.05, 0) is 96.4 Å². The Morgan fingerprint density at radius 3 is 2.73 bits per heavy atom. The Morgan fingerprint density at radius 2 is 1.97 bits per heavy atom. The molecule has 0 saturated heterocycles. The second-order valence-electron chi connectivity index (χ2n) is 10.8. The molecule has 5 atom stereocenters. The lowest BCUT2D eigenvalue weighted by Crippen LogP contribution is -2.65. The molecule has 3 N–H and O–H groups in total. The van der Waals surface area contributed by atoms with Crippen LogP contribution in [0.25, 0.3) is 11.6 Å². The number of benzene rings is 1. The van der Waals surface area contributed by atoms with E-state index in [4.69, 9.17) is 5.73 Å². The van der Waals surface area contributed by atoms with Crippen LogP contribution in [0.15, 0.2) is 42.5 Å². The Labute approximate surface area is 184 Å². The fourth-order valence-corrected chi connectivity index (χ4v) is 8.05. The van der Waals surface area contributed by atoms with Gasteiger partial charge < -0.3 is 11.1 Å². The van der Waals surface area contributed by atoms with E-state index in [-0.39, 0.29) is 12.4 Å². The molecule has 162 valence electrons. The van der Waals surface area contributed by atoms with Crippen LogP contribution in [0.2, 0.25) is 0 Å². The van der Waals surface area contributed by atoms with Crippen LogP contribution in [-0.2, 0) is 0 Å². The molecule has 0 aliphatic heterocycles. The molecule has 2 saturated carbocycles. The second kappa shape index (κ2) is 6.85. The van der Waals surface area contributed by atoms with E-state index >= 15 is 0 Å². The molecule has 0 radical (unpaired) electrons. The molecule has 0 aromatic heterocycles. The molecular weight excluding hydrogens is 364 g/mol. The van der Waals surface area contributed by atoms with Crippen molar-refractivity contribution in [3.05, 3.63) is 53.6 Å². The van der Waals surface area contributed by atoms with Gasteiger partial charge in [-0.15, -0.1) is 0 Å². The number of allylic oxidation sites excluding steroid dienone is 3. The zero-order chi connectivity index (χ0) is 21.1. The number of hydrogen-bond acceptors (Lipinski definition) is 2. The molecule has 0 amide bonds. The largest absolute Gasteiger partial charge is 0.388 e. The number of hydrogen-bond donors (Lipinski definition) is 2. The summed E-state index contributed by atoms with van der Waals surface area (Å²) in [6.45, 7) is 9.08. The van der Waals surface area contributed by atoms with E-state index in [0.717, 1.165) is 18.5 Å². The minimum atomic E-state index is -0.0764. The van der Waals surface area contributed by atoms with E-state index < -0.39 is 0 Å². The molecule has 4 aliphatic rings. The number of fused-ring (bicyclic) bond motifs is 5. The van der Waals surface area contributed by atoms with Gasteiger partial charge >= 0.3 is 0 Å². The molecule has 1 aromatic rings. The number of nitrogens with one attached hydrogen (secondary N) is 1. The second-order valence-corrected chi connectivity index (χ2v) is 10.8. The maximum absolute atomic E-state index is 7.46. The first-order valence-corrected chi connectivity index (χ1v) is 12.0. The topological polar surface area (TPSA) is 38.0 Å². The van der Waals surface area contributed by atoms with E-state index in [0.29, 0.717) is 17.3 Å². The van der Waals surface area contributed by atoms with Crippen molar-refractivity contribution in [3.8, 4) is 0 Å². The van der Waals surface area contributed by atoms with Gasteiger partial charge in [0.2, 0.25) is 0 Å². The lowest BCUT2D eigenvalue weighted by molar-refractivity contribution is -0.0322. The highest BCUT2D eigenvalue weighted by molar-refractivity contribution is 5.78.